The topological polar surface area (TPSA) is 45.2 Å². The van der Waals surface area contributed by atoms with Gasteiger partial charge in [-0.1, -0.05) is 19.8 Å². The number of likely N-dealkylation sites (tertiary alicyclic amines) is 1. The summed E-state index contributed by atoms with van der Waals surface area (Å²) in [6, 6.07) is 4.09. The minimum absolute atomic E-state index is 0.0800. The summed E-state index contributed by atoms with van der Waals surface area (Å²) in [7, 11) is 1.85. The maximum absolute atomic E-state index is 12.6. The molecule has 19 heavy (non-hydrogen) atoms. The van der Waals surface area contributed by atoms with Crippen LogP contribution in [0.3, 0.4) is 0 Å². The molecule has 1 aromatic heterocycles. The highest BCUT2D eigenvalue weighted by molar-refractivity contribution is 5.92. The fourth-order valence-corrected chi connectivity index (χ4v) is 2.68. The first-order valence-electron chi connectivity index (χ1n) is 7.21. The van der Waals surface area contributed by atoms with Gasteiger partial charge in [0.25, 0.3) is 5.91 Å². The normalized spacial score (nSPS) is 19.9. The lowest BCUT2D eigenvalue weighted by atomic mass is 10.1. The molecule has 2 heterocycles. The number of hydrogen-bond donors (Lipinski definition) is 1. The number of rotatable bonds is 3. The van der Waals surface area contributed by atoms with Crippen LogP contribution in [0.2, 0.25) is 0 Å². The van der Waals surface area contributed by atoms with E-state index in [0.29, 0.717) is 11.7 Å². The lowest BCUT2D eigenvalue weighted by Crippen LogP contribution is -2.40. The van der Waals surface area contributed by atoms with Crippen molar-refractivity contribution in [3.8, 4) is 0 Å². The zero-order valence-electron chi connectivity index (χ0n) is 11.9. The molecule has 0 aromatic carbocycles. The molecule has 104 valence electrons. The maximum atomic E-state index is 12.6. The van der Waals surface area contributed by atoms with E-state index in [4.69, 9.17) is 0 Å². The van der Waals surface area contributed by atoms with Crippen LogP contribution in [-0.2, 0) is 0 Å². The van der Waals surface area contributed by atoms with Gasteiger partial charge in [0.2, 0.25) is 0 Å². The molecule has 4 nitrogen and oxygen atoms in total. The van der Waals surface area contributed by atoms with Gasteiger partial charge in [-0.05, 0) is 31.4 Å². The van der Waals surface area contributed by atoms with Crippen molar-refractivity contribution < 1.29 is 4.79 Å². The van der Waals surface area contributed by atoms with Crippen LogP contribution < -0.4 is 5.32 Å². The third-order valence-corrected chi connectivity index (χ3v) is 3.88. The van der Waals surface area contributed by atoms with Gasteiger partial charge in [-0.2, -0.15) is 0 Å². The number of anilines is 1. The van der Waals surface area contributed by atoms with Crippen molar-refractivity contribution in [3.05, 3.63) is 24.0 Å². The van der Waals surface area contributed by atoms with Crippen molar-refractivity contribution in [3.63, 3.8) is 0 Å². The summed E-state index contributed by atoms with van der Waals surface area (Å²) in [5, 5.41) is 3.02. The molecule has 4 heteroatoms. The SMILES string of the molecule is CCC1CCCCCN1C(=O)c1ccc(NC)cn1. The van der Waals surface area contributed by atoms with Crippen LogP contribution in [0.1, 0.15) is 49.5 Å². The molecule has 1 atom stereocenters. The fraction of sp³-hybridized carbons (Fsp3) is 0.600. The Balaban J connectivity index is 2.15. The van der Waals surface area contributed by atoms with E-state index in [1.54, 1.807) is 6.20 Å². The average Bonchev–Trinajstić information content (AvgIpc) is 2.71. The van der Waals surface area contributed by atoms with Crippen LogP contribution in [0.4, 0.5) is 5.69 Å². The van der Waals surface area contributed by atoms with E-state index in [1.165, 1.54) is 12.8 Å². The van der Waals surface area contributed by atoms with Crippen molar-refractivity contribution in [1.82, 2.24) is 9.88 Å². The van der Waals surface area contributed by atoms with E-state index in [0.717, 1.165) is 31.5 Å². The number of hydrogen-bond acceptors (Lipinski definition) is 3. The summed E-state index contributed by atoms with van der Waals surface area (Å²) in [6.07, 6.45) is 7.43. The molecule has 2 rings (SSSR count). The van der Waals surface area contributed by atoms with E-state index >= 15 is 0 Å². The highest BCUT2D eigenvalue weighted by Crippen LogP contribution is 2.21. The van der Waals surface area contributed by atoms with Gasteiger partial charge in [0.05, 0.1) is 11.9 Å². The fourth-order valence-electron chi connectivity index (χ4n) is 2.68. The van der Waals surface area contributed by atoms with E-state index in [9.17, 15) is 4.79 Å². The third-order valence-electron chi connectivity index (χ3n) is 3.88. The Morgan fingerprint density at radius 3 is 2.89 bits per heavy atom. The molecule has 1 aliphatic heterocycles. The lowest BCUT2D eigenvalue weighted by molar-refractivity contribution is 0.0672. The largest absolute Gasteiger partial charge is 0.387 e. The van der Waals surface area contributed by atoms with Gasteiger partial charge in [0.15, 0.2) is 0 Å². The molecule has 1 aromatic rings. The van der Waals surface area contributed by atoms with Crippen molar-refractivity contribution in [1.29, 1.82) is 0 Å². The summed E-state index contributed by atoms with van der Waals surface area (Å²) in [5.41, 5.74) is 1.49. The summed E-state index contributed by atoms with van der Waals surface area (Å²) in [5.74, 6) is 0.0800. The van der Waals surface area contributed by atoms with Crippen molar-refractivity contribution in [2.75, 3.05) is 18.9 Å². The van der Waals surface area contributed by atoms with E-state index in [2.05, 4.69) is 17.2 Å². The van der Waals surface area contributed by atoms with Crippen molar-refractivity contribution in [2.45, 2.75) is 45.1 Å². The number of carbonyl (C=O) groups is 1. The second-order valence-electron chi connectivity index (χ2n) is 5.09. The molecule has 0 bridgehead atoms. The van der Waals surface area contributed by atoms with Gasteiger partial charge < -0.3 is 10.2 Å². The molecular weight excluding hydrogens is 238 g/mol. The quantitative estimate of drug-likeness (QED) is 0.910. The van der Waals surface area contributed by atoms with Crippen LogP contribution in [0.5, 0.6) is 0 Å². The lowest BCUT2D eigenvalue weighted by Gasteiger charge is -2.29. The van der Waals surface area contributed by atoms with Crippen LogP contribution in [0.25, 0.3) is 0 Å². The molecule has 0 saturated carbocycles. The highest BCUT2D eigenvalue weighted by atomic mass is 16.2. The number of carbonyl (C=O) groups excluding carboxylic acids is 1. The molecule has 0 spiro atoms. The van der Waals surface area contributed by atoms with Gasteiger partial charge in [-0.15, -0.1) is 0 Å². The first kappa shape index (κ1) is 13.8. The van der Waals surface area contributed by atoms with Gasteiger partial charge >= 0.3 is 0 Å². The number of nitrogens with one attached hydrogen (secondary N) is 1. The monoisotopic (exact) mass is 261 g/mol. The van der Waals surface area contributed by atoms with Gasteiger partial charge in [0, 0.05) is 19.6 Å². The average molecular weight is 261 g/mol. The zero-order chi connectivity index (χ0) is 13.7. The van der Waals surface area contributed by atoms with E-state index in [1.807, 2.05) is 24.1 Å². The second-order valence-corrected chi connectivity index (χ2v) is 5.09. The molecule has 1 N–H and O–H groups in total. The summed E-state index contributed by atoms with van der Waals surface area (Å²) in [4.78, 5) is 18.9. The van der Waals surface area contributed by atoms with Crippen molar-refractivity contribution >= 4 is 11.6 Å². The molecule has 0 radical (unpaired) electrons. The van der Waals surface area contributed by atoms with Crippen LogP contribution in [-0.4, -0.2) is 35.4 Å². The zero-order valence-corrected chi connectivity index (χ0v) is 11.9. The standard InChI is InChI=1S/C15H23N3O/c1-3-13-7-5-4-6-10-18(13)15(19)14-9-8-12(16-2)11-17-14/h8-9,11,13,16H,3-7,10H2,1-2H3. The Labute approximate surface area is 115 Å². The van der Waals surface area contributed by atoms with E-state index < -0.39 is 0 Å². The predicted octanol–water partition coefficient (Wildman–Crippen LogP) is 2.92. The van der Waals surface area contributed by atoms with Crippen LogP contribution in [0.15, 0.2) is 18.3 Å². The molecule has 1 saturated heterocycles. The number of amides is 1. The maximum Gasteiger partial charge on any atom is 0.272 e. The Bertz CT molecular complexity index is 416. The first-order chi connectivity index (χ1) is 9.26. The third kappa shape index (κ3) is 3.25. The smallest absolute Gasteiger partial charge is 0.272 e. The van der Waals surface area contributed by atoms with Gasteiger partial charge in [-0.25, -0.2) is 4.98 Å². The molecule has 0 aliphatic carbocycles. The van der Waals surface area contributed by atoms with Gasteiger partial charge in [-0.3, -0.25) is 4.79 Å². The second kappa shape index (κ2) is 6.55. The summed E-state index contributed by atoms with van der Waals surface area (Å²) >= 11 is 0. The molecular formula is C15H23N3O. The molecule has 1 amide bonds. The molecule has 1 aliphatic rings. The Morgan fingerprint density at radius 2 is 2.26 bits per heavy atom. The number of aromatic nitrogens is 1. The van der Waals surface area contributed by atoms with Crippen LogP contribution in [0, 0.1) is 0 Å². The highest BCUT2D eigenvalue weighted by Gasteiger charge is 2.25. The molecule has 1 unspecified atom stereocenters. The predicted molar refractivity (Wildman–Crippen MR) is 77.4 cm³/mol. The van der Waals surface area contributed by atoms with E-state index in [-0.39, 0.29) is 5.91 Å². The summed E-state index contributed by atoms with van der Waals surface area (Å²) < 4.78 is 0. The minimum Gasteiger partial charge on any atom is -0.387 e. The first-order valence-corrected chi connectivity index (χ1v) is 7.21. The Hall–Kier alpha value is -1.58. The Kier molecular flexibility index (Phi) is 4.77. The van der Waals surface area contributed by atoms with Crippen molar-refractivity contribution in [2.24, 2.45) is 0 Å². The van der Waals surface area contributed by atoms with Crippen LogP contribution >= 0.6 is 0 Å². The number of pyridine rings is 1. The number of nitrogens with zero attached hydrogens (tertiary/aromatic N) is 2. The van der Waals surface area contributed by atoms with Gasteiger partial charge in [0.1, 0.15) is 5.69 Å². The summed E-state index contributed by atoms with van der Waals surface area (Å²) in [6.45, 7) is 3.03. The molecule has 1 fully saturated rings. The minimum atomic E-state index is 0.0800. The Morgan fingerprint density at radius 1 is 1.42 bits per heavy atom.